The van der Waals surface area contributed by atoms with Crippen LogP contribution >= 0.6 is 0 Å². The minimum atomic E-state index is -4.88. The smallest absolute Gasteiger partial charge is 0.322 e. The van der Waals surface area contributed by atoms with Crippen LogP contribution in [0.5, 0.6) is 0 Å². The average molecular weight is 2000 g/mol. The van der Waals surface area contributed by atoms with E-state index < -0.39 is 85.8 Å². The van der Waals surface area contributed by atoms with Crippen LogP contribution in [0, 0.1) is 53.2 Å². The Kier molecular flexibility index (Phi) is 27.3. The first kappa shape index (κ1) is 102. The van der Waals surface area contributed by atoms with Gasteiger partial charge in [0.25, 0.3) is 23.6 Å². The van der Waals surface area contributed by atoms with Gasteiger partial charge in [-0.1, -0.05) is 138 Å². The first-order valence-electron chi connectivity index (χ1n) is 46.9. The molecule has 4 aliphatic heterocycles. The molecule has 0 atom stereocenters. The monoisotopic (exact) mass is 2000 g/mol. The minimum absolute atomic E-state index is 0.0314. The molecular formula is C115H97F8N17O8. The summed E-state index contributed by atoms with van der Waals surface area (Å²) in [4.78, 5) is 142. The molecule has 0 unspecified atom stereocenters. The van der Waals surface area contributed by atoms with Crippen molar-refractivity contribution in [1.82, 2.24) is 44.7 Å². The molecule has 10 heterocycles. The Morgan fingerprint density at radius 2 is 0.709 bits per heavy atom. The standard InChI is InChI=1S/C29H22F4N4O2.C29H25F3N4O2.C29H25FN4O2.C28H25N5O2/c1-16-7-9-19(10-8-16)36-26(38)22-11-17(13-35-25(22)29(31,32)33)21-5-4-6-23-24(21)28(2,3)27(39)37(23)20-12-18(30)14-34-15-20;1-17-8-11-19(12-9-17)34-26(37)22-14-18(10-13-23(22)29(30,31)32)21-6-5-7-24-25(21)28(2,3)27(38)36(24)20-15-33-35(4)16-20;1-17-9-12-19(13-10-17)33-26(35)23-18(2)11-14-21(25(23)30)20-7-5-8-22-24(20)29(3,4)27(36)34(22)28-31-15-6-16-32-28;1-17-9-11-20(12-10-17)32-25(34)22-15-19(16-31-18(22)2)21-7-5-8-23-24(21)28(3,4)26(35)33(23)27-29-13-6-14-30-27/h4-15H,1-3H3,(H,36,38);5-16H,1-4H3,(H,34,37);5-16H,1-4H3,(H,33,35);5-16H,1-4H3,(H,32,34). The number of pyridine rings is 3. The number of aryl methyl sites for hydroxylation is 7. The number of nitrogens with zero attached hydrogens (tertiary/aromatic N) is 13. The van der Waals surface area contributed by atoms with E-state index in [4.69, 9.17) is 0 Å². The van der Waals surface area contributed by atoms with Gasteiger partial charge in [-0.15, -0.1) is 0 Å². The van der Waals surface area contributed by atoms with Crippen LogP contribution in [0.4, 0.5) is 104 Å². The zero-order chi connectivity index (χ0) is 106. The Labute approximate surface area is 846 Å². The fourth-order valence-corrected chi connectivity index (χ4v) is 18.8. The van der Waals surface area contributed by atoms with E-state index in [1.807, 2.05) is 109 Å². The fraction of sp³-hybridized carbons (Fsp3) is 0.183. The van der Waals surface area contributed by atoms with Crippen molar-refractivity contribution in [3.05, 3.63) is 393 Å². The molecule has 20 rings (SSSR count). The molecular weight excluding hydrogens is 1900 g/mol. The summed E-state index contributed by atoms with van der Waals surface area (Å²) in [6.07, 6.45) is 5.23. The van der Waals surface area contributed by atoms with Crippen LogP contribution in [0.25, 0.3) is 44.5 Å². The lowest BCUT2D eigenvalue weighted by Gasteiger charge is -2.21. The molecule has 0 saturated carbocycles. The number of hydrogen-bond acceptors (Lipinski definition) is 16. The summed E-state index contributed by atoms with van der Waals surface area (Å²) < 4.78 is 115. The molecule has 16 aromatic rings. The van der Waals surface area contributed by atoms with Crippen LogP contribution in [-0.2, 0) is 60.2 Å². The molecule has 10 aromatic carbocycles. The predicted molar refractivity (Wildman–Crippen MR) is 551 cm³/mol. The Hall–Kier alpha value is -17.8. The van der Waals surface area contributed by atoms with Crippen LogP contribution in [0.3, 0.4) is 0 Å². The molecule has 4 aliphatic rings. The van der Waals surface area contributed by atoms with E-state index >= 15 is 4.39 Å². The number of rotatable bonds is 16. The highest BCUT2D eigenvalue weighted by molar-refractivity contribution is 6.19. The Bertz CT molecular complexity index is 8000. The van der Waals surface area contributed by atoms with Crippen LogP contribution < -0.4 is 40.9 Å². The lowest BCUT2D eigenvalue weighted by atomic mass is 9.80. The lowest BCUT2D eigenvalue weighted by molar-refractivity contribution is -0.141. The third-order valence-corrected chi connectivity index (χ3v) is 26.3. The number of amides is 8. The van der Waals surface area contributed by atoms with E-state index in [1.165, 1.54) is 34.2 Å². The van der Waals surface area contributed by atoms with Crippen molar-refractivity contribution < 1.29 is 73.5 Å². The maximum Gasteiger partial charge on any atom is 0.434 e. The van der Waals surface area contributed by atoms with E-state index in [1.54, 1.807) is 253 Å². The summed E-state index contributed by atoms with van der Waals surface area (Å²) in [5, 5.41) is 15.0. The number of nitrogens with one attached hydrogen (secondary N) is 4. The maximum absolute atomic E-state index is 16.1. The Morgan fingerprint density at radius 3 is 1.13 bits per heavy atom. The van der Waals surface area contributed by atoms with Gasteiger partial charge in [0.15, 0.2) is 5.69 Å². The van der Waals surface area contributed by atoms with Gasteiger partial charge >= 0.3 is 12.4 Å². The third-order valence-electron chi connectivity index (χ3n) is 26.3. The second kappa shape index (κ2) is 39.7. The quantitative estimate of drug-likeness (QED) is 0.0653. The third kappa shape index (κ3) is 19.6. The number of hydrogen-bond donors (Lipinski definition) is 4. The predicted octanol–water partition coefficient (Wildman–Crippen LogP) is 24.9. The second-order valence-corrected chi connectivity index (χ2v) is 38.3. The van der Waals surface area contributed by atoms with Gasteiger partial charge in [-0.2, -0.15) is 31.4 Å². The molecule has 0 bridgehead atoms. The fourth-order valence-electron chi connectivity index (χ4n) is 18.8. The number of anilines is 12. The van der Waals surface area contributed by atoms with Gasteiger partial charge in [-0.3, -0.25) is 67.8 Å². The number of carbonyl (C=O) groups is 8. The van der Waals surface area contributed by atoms with Gasteiger partial charge in [0.05, 0.1) is 108 Å². The molecule has 25 nitrogen and oxygen atoms in total. The van der Waals surface area contributed by atoms with Crippen molar-refractivity contribution in [3.63, 3.8) is 0 Å². The topological polar surface area (TPSA) is 306 Å². The van der Waals surface area contributed by atoms with Gasteiger partial charge in [0.2, 0.25) is 35.5 Å². The van der Waals surface area contributed by atoms with Gasteiger partial charge in [0.1, 0.15) is 11.6 Å². The summed E-state index contributed by atoms with van der Waals surface area (Å²) >= 11 is 0. The number of fused-ring (bicyclic) bond motifs is 4. The molecule has 6 aromatic heterocycles. The van der Waals surface area contributed by atoms with Gasteiger partial charge in [0, 0.05) is 95.9 Å². The van der Waals surface area contributed by atoms with Crippen molar-refractivity contribution in [1.29, 1.82) is 0 Å². The summed E-state index contributed by atoms with van der Waals surface area (Å²) in [6, 6.07) is 64.1. The Balaban J connectivity index is 0.000000135. The molecule has 33 heteroatoms. The van der Waals surface area contributed by atoms with Crippen LogP contribution in [0.2, 0.25) is 0 Å². The SMILES string of the molecule is Cc1ccc(NC(=O)c2c(C)ccc(-c3cccc4c3C(C)(C)C(=O)N4c3ncccn3)c2F)cc1.Cc1ccc(NC(=O)c2cc(-c3cccc4c3C(C)(C)C(=O)N4c3cncc(F)c3)cnc2C(F)(F)F)cc1.Cc1ccc(NC(=O)c2cc(-c3cccc4c3C(C)(C)C(=O)N4c3cnn(C)c3)ccc2C(F)(F)F)cc1.Cc1ccc(NC(=O)c2cc(-c3cccc4c3C(C)(C)C(=O)N4c3ncccn3)cnc2C)cc1. The molecule has 0 fully saturated rings. The second-order valence-electron chi connectivity index (χ2n) is 38.3. The van der Waals surface area contributed by atoms with Crippen molar-refractivity contribution >= 4 is 116 Å². The van der Waals surface area contributed by atoms with Crippen molar-refractivity contribution in [3.8, 4) is 44.5 Å². The van der Waals surface area contributed by atoms with E-state index in [0.717, 1.165) is 74.8 Å². The van der Waals surface area contributed by atoms with Gasteiger partial charge in [-0.05, 0) is 262 Å². The minimum Gasteiger partial charge on any atom is -0.322 e. The molecule has 0 spiro atoms. The highest BCUT2D eigenvalue weighted by Gasteiger charge is 2.52. The molecule has 0 aliphatic carbocycles. The first-order valence-corrected chi connectivity index (χ1v) is 46.9. The Morgan fingerprint density at radius 1 is 0.338 bits per heavy atom. The molecule has 746 valence electrons. The van der Waals surface area contributed by atoms with E-state index in [-0.39, 0.29) is 57.9 Å². The molecule has 148 heavy (non-hydrogen) atoms. The number of aromatic nitrogens is 9. The van der Waals surface area contributed by atoms with Crippen molar-refractivity contribution in [2.45, 2.75) is 131 Å². The average Bonchev–Trinajstić information content (AvgIpc) is 1.58. The number of benzene rings is 10. The van der Waals surface area contributed by atoms with E-state index in [0.29, 0.717) is 102 Å². The van der Waals surface area contributed by atoms with Crippen LogP contribution in [0.15, 0.2) is 292 Å². The zero-order valence-corrected chi connectivity index (χ0v) is 82.8. The number of carbonyl (C=O) groups excluding carboxylic acids is 8. The van der Waals surface area contributed by atoms with Crippen LogP contribution in [-0.4, -0.2) is 91.9 Å². The largest absolute Gasteiger partial charge is 0.434 e. The normalized spacial score (nSPS) is 14.2. The molecule has 0 saturated heterocycles. The summed E-state index contributed by atoms with van der Waals surface area (Å²) in [5.41, 5.74) is 10.1. The first-order chi connectivity index (χ1) is 70.2. The summed E-state index contributed by atoms with van der Waals surface area (Å²) in [6.45, 7) is 25.5. The summed E-state index contributed by atoms with van der Waals surface area (Å²) in [5.74, 6) is -4.14. The van der Waals surface area contributed by atoms with Gasteiger partial charge < -0.3 is 21.3 Å². The number of halogens is 8. The molecule has 8 amide bonds. The molecule has 4 N–H and O–H groups in total. The highest BCUT2D eigenvalue weighted by Crippen LogP contribution is 2.55. The van der Waals surface area contributed by atoms with E-state index in [9.17, 15) is 69.1 Å². The van der Waals surface area contributed by atoms with Crippen molar-refractivity contribution in [2.24, 2.45) is 7.05 Å². The van der Waals surface area contributed by atoms with Crippen molar-refractivity contribution in [2.75, 3.05) is 40.9 Å². The van der Waals surface area contributed by atoms with Crippen LogP contribution in [0.1, 0.15) is 164 Å². The summed E-state index contributed by atoms with van der Waals surface area (Å²) in [7, 11) is 1.75. The lowest BCUT2D eigenvalue weighted by Crippen LogP contribution is -2.34. The maximum atomic E-state index is 16.1. The highest BCUT2D eigenvalue weighted by atomic mass is 19.4. The number of alkyl halides is 6. The van der Waals surface area contributed by atoms with Gasteiger partial charge in [-0.25, -0.2) is 38.5 Å². The van der Waals surface area contributed by atoms with E-state index in [2.05, 4.69) is 61.3 Å². The molecule has 0 radical (unpaired) electrons. The zero-order valence-electron chi connectivity index (χ0n) is 82.8.